The molecular formula is C17H18FNO. The monoisotopic (exact) mass is 271 g/mol. The maximum Gasteiger partial charge on any atom is 0.251 e. The number of carbonyl (C=O) groups is 1. The van der Waals surface area contributed by atoms with Crippen LogP contribution in [0.5, 0.6) is 0 Å². The molecule has 0 radical (unpaired) electrons. The van der Waals surface area contributed by atoms with Gasteiger partial charge < -0.3 is 5.32 Å². The first-order valence-corrected chi connectivity index (χ1v) is 6.82. The number of rotatable bonds is 5. The van der Waals surface area contributed by atoms with Crippen LogP contribution in [-0.4, -0.2) is 5.91 Å². The number of hydrogen-bond donors (Lipinski definition) is 1. The lowest BCUT2D eigenvalue weighted by molar-refractivity contribution is 0.0934. The summed E-state index contributed by atoms with van der Waals surface area (Å²) in [5.74, 6) is -0.512. The molecule has 0 heterocycles. The second kappa shape index (κ2) is 6.85. The van der Waals surface area contributed by atoms with Gasteiger partial charge in [0.25, 0.3) is 5.91 Å². The molecule has 2 aromatic rings. The van der Waals surface area contributed by atoms with Crippen molar-refractivity contribution in [2.75, 3.05) is 0 Å². The van der Waals surface area contributed by atoms with E-state index in [1.54, 1.807) is 0 Å². The molecule has 0 fully saturated rings. The Labute approximate surface area is 118 Å². The maximum atomic E-state index is 12.9. The van der Waals surface area contributed by atoms with E-state index in [1.807, 2.05) is 30.3 Å². The molecule has 0 bridgehead atoms. The molecule has 0 aliphatic carbocycles. The molecule has 1 amide bonds. The first-order chi connectivity index (χ1) is 9.70. The van der Waals surface area contributed by atoms with Gasteiger partial charge >= 0.3 is 0 Å². The summed E-state index contributed by atoms with van der Waals surface area (Å²) in [5, 5.41) is 3.01. The van der Waals surface area contributed by atoms with E-state index in [4.69, 9.17) is 0 Å². The summed E-state index contributed by atoms with van der Waals surface area (Å²) in [6.07, 6.45) is 1.85. The Hall–Kier alpha value is -2.16. The van der Waals surface area contributed by atoms with Crippen LogP contribution in [0.2, 0.25) is 0 Å². The van der Waals surface area contributed by atoms with Crippen molar-refractivity contribution in [2.45, 2.75) is 25.8 Å². The Kier molecular flexibility index (Phi) is 4.88. The second-order valence-corrected chi connectivity index (χ2v) is 4.73. The molecule has 1 N–H and O–H groups in total. The van der Waals surface area contributed by atoms with Crippen molar-refractivity contribution < 1.29 is 9.18 Å². The van der Waals surface area contributed by atoms with E-state index < -0.39 is 0 Å². The predicted molar refractivity (Wildman–Crippen MR) is 78.0 cm³/mol. The van der Waals surface area contributed by atoms with Crippen LogP contribution < -0.4 is 5.32 Å². The molecule has 0 aliphatic rings. The summed E-state index contributed by atoms with van der Waals surface area (Å²) in [6.45, 7) is 2.08. The SMILES string of the molecule is CCCC(NC(=O)c1ccc(F)cc1)c1ccccc1. The van der Waals surface area contributed by atoms with E-state index in [-0.39, 0.29) is 17.8 Å². The van der Waals surface area contributed by atoms with Gasteiger partial charge in [0.05, 0.1) is 6.04 Å². The fraction of sp³-hybridized carbons (Fsp3) is 0.235. The van der Waals surface area contributed by atoms with Gasteiger partial charge in [0.15, 0.2) is 0 Å². The van der Waals surface area contributed by atoms with E-state index in [9.17, 15) is 9.18 Å². The normalized spacial score (nSPS) is 11.9. The highest BCUT2D eigenvalue weighted by atomic mass is 19.1. The quantitative estimate of drug-likeness (QED) is 0.871. The smallest absolute Gasteiger partial charge is 0.251 e. The van der Waals surface area contributed by atoms with Crippen LogP contribution in [0, 0.1) is 5.82 Å². The zero-order valence-corrected chi connectivity index (χ0v) is 11.5. The fourth-order valence-corrected chi connectivity index (χ4v) is 2.14. The van der Waals surface area contributed by atoms with Crippen molar-refractivity contribution in [3.63, 3.8) is 0 Å². The van der Waals surface area contributed by atoms with Gasteiger partial charge in [0.1, 0.15) is 5.82 Å². The summed E-state index contributed by atoms with van der Waals surface area (Å²) in [7, 11) is 0. The number of nitrogens with one attached hydrogen (secondary N) is 1. The van der Waals surface area contributed by atoms with Crippen molar-refractivity contribution in [3.8, 4) is 0 Å². The Morgan fingerprint density at radius 2 is 1.75 bits per heavy atom. The van der Waals surface area contributed by atoms with Crippen LogP contribution in [0.4, 0.5) is 4.39 Å². The van der Waals surface area contributed by atoms with Crippen LogP contribution >= 0.6 is 0 Å². The summed E-state index contributed by atoms with van der Waals surface area (Å²) in [4.78, 5) is 12.2. The van der Waals surface area contributed by atoms with Gasteiger partial charge in [-0.3, -0.25) is 4.79 Å². The molecule has 2 nitrogen and oxygen atoms in total. The predicted octanol–water partition coefficient (Wildman–Crippen LogP) is 4.10. The molecule has 2 aromatic carbocycles. The number of hydrogen-bond acceptors (Lipinski definition) is 1. The maximum absolute atomic E-state index is 12.9. The van der Waals surface area contributed by atoms with Gasteiger partial charge in [-0.15, -0.1) is 0 Å². The molecule has 0 saturated heterocycles. The van der Waals surface area contributed by atoms with Crippen molar-refractivity contribution in [1.82, 2.24) is 5.32 Å². The first kappa shape index (κ1) is 14.3. The number of carbonyl (C=O) groups excluding carboxylic acids is 1. The van der Waals surface area contributed by atoms with Crippen LogP contribution in [0.1, 0.15) is 41.7 Å². The molecular weight excluding hydrogens is 253 g/mol. The molecule has 1 unspecified atom stereocenters. The van der Waals surface area contributed by atoms with Crippen molar-refractivity contribution in [1.29, 1.82) is 0 Å². The minimum absolute atomic E-state index is 0.0150. The zero-order chi connectivity index (χ0) is 14.4. The zero-order valence-electron chi connectivity index (χ0n) is 11.5. The summed E-state index contributed by atoms with van der Waals surface area (Å²) in [5.41, 5.74) is 1.56. The first-order valence-electron chi connectivity index (χ1n) is 6.82. The number of benzene rings is 2. The average molecular weight is 271 g/mol. The number of halogens is 1. The fourth-order valence-electron chi connectivity index (χ4n) is 2.14. The highest BCUT2D eigenvalue weighted by Crippen LogP contribution is 2.18. The Balaban J connectivity index is 2.12. The highest BCUT2D eigenvalue weighted by molar-refractivity contribution is 5.94. The second-order valence-electron chi connectivity index (χ2n) is 4.73. The van der Waals surface area contributed by atoms with E-state index in [2.05, 4.69) is 12.2 Å². The van der Waals surface area contributed by atoms with Crippen LogP contribution in [0.15, 0.2) is 54.6 Å². The molecule has 0 aromatic heterocycles. The molecule has 1 atom stereocenters. The molecule has 0 spiro atoms. The minimum atomic E-state index is -0.338. The summed E-state index contributed by atoms with van der Waals surface area (Å²) >= 11 is 0. The van der Waals surface area contributed by atoms with Gasteiger partial charge in [-0.2, -0.15) is 0 Å². The van der Waals surface area contributed by atoms with Gasteiger partial charge in [-0.05, 0) is 36.2 Å². The Morgan fingerprint density at radius 1 is 1.10 bits per heavy atom. The molecule has 20 heavy (non-hydrogen) atoms. The lowest BCUT2D eigenvalue weighted by atomic mass is 10.0. The Bertz CT molecular complexity index is 551. The van der Waals surface area contributed by atoms with Crippen molar-refractivity contribution >= 4 is 5.91 Å². The highest BCUT2D eigenvalue weighted by Gasteiger charge is 2.14. The van der Waals surface area contributed by atoms with Gasteiger partial charge in [0, 0.05) is 5.56 Å². The third-order valence-corrected chi connectivity index (χ3v) is 3.19. The largest absolute Gasteiger partial charge is 0.345 e. The lowest BCUT2D eigenvalue weighted by Gasteiger charge is -2.18. The van der Waals surface area contributed by atoms with Crippen LogP contribution in [0.3, 0.4) is 0 Å². The lowest BCUT2D eigenvalue weighted by Crippen LogP contribution is -2.28. The average Bonchev–Trinajstić information content (AvgIpc) is 2.48. The van der Waals surface area contributed by atoms with Gasteiger partial charge in [-0.25, -0.2) is 4.39 Å². The van der Waals surface area contributed by atoms with Gasteiger partial charge in [0.2, 0.25) is 0 Å². The van der Waals surface area contributed by atoms with E-state index in [1.165, 1.54) is 24.3 Å². The van der Waals surface area contributed by atoms with E-state index in [0.717, 1.165) is 18.4 Å². The van der Waals surface area contributed by atoms with E-state index in [0.29, 0.717) is 5.56 Å². The van der Waals surface area contributed by atoms with E-state index >= 15 is 0 Å². The third kappa shape index (κ3) is 3.67. The summed E-state index contributed by atoms with van der Waals surface area (Å²) in [6, 6.07) is 15.5. The molecule has 0 saturated carbocycles. The number of amides is 1. The molecule has 3 heteroatoms. The summed E-state index contributed by atoms with van der Waals surface area (Å²) < 4.78 is 12.9. The van der Waals surface area contributed by atoms with Crippen molar-refractivity contribution in [2.24, 2.45) is 0 Å². The topological polar surface area (TPSA) is 29.1 Å². The molecule has 0 aliphatic heterocycles. The Morgan fingerprint density at radius 3 is 2.35 bits per heavy atom. The standard InChI is InChI=1S/C17H18FNO/c1-2-6-16(13-7-4-3-5-8-13)19-17(20)14-9-11-15(18)12-10-14/h3-5,7-12,16H,2,6H2,1H3,(H,19,20). The molecule has 2 rings (SSSR count). The van der Waals surface area contributed by atoms with Gasteiger partial charge in [-0.1, -0.05) is 43.7 Å². The minimum Gasteiger partial charge on any atom is -0.345 e. The third-order valence-electron chi connectivity index (χ3n) is 3.19. The van der Waals surface area contributed by atoms with Crippen LogP contribution in [-0.2, 0) is 0 Å². The molecule has 104 valence electrons. The van der Waals surface area contributed by atoms with Crippen molar-refractivity contribution in [3.05, 3.63) is 71.5 Å². The van der Waals surface area contributed by atoms with Crippen LogP contribution in [0.25, 0.3) is 0 Å².